The van der Waals surface area contributed by atoms with E-state index in [0.29, 0.717) is 21.9 Å². The molecule has 1 nitrogen and oxygen atoms in total. The summed E-state index contributed by atoms with van der Waals surface area (Å²) in [5, 5.41) is 1.25. The Hall–Kier alpha value is -6.96. The van der Waals surface area contributed by atoms with E-state index in [9.17, 15) is 13.7 Å². The van der Waals surface area contributed by atoms with Crippen molar-refractivity contribution in [1.29, 1.82) is 0 Å². The van der Waals surface area contributed by atoms with Crippen molar-refractivity contribution in [2.75, 3.05) is 4.90 Å². The van der Waals surface area contributed by atoms with Crippen LogP contribution in [0.4, 0.5) is 17.1 Å². The zero-order valence-corrected chi connectivity index (χ0v) is 28.0. The number of hydrogen-bond donors (Lipinski definition) is 0. The highest BCUT2D eigenvalue weighted by molar-refractivity contribution is 5.97. The Morgan fingerprint density at radius 1 is 0.321 bits per heavy atom. The van der Waals surface area contributed by atoms with Gasteiger partial charge in [0, 0.05) is 17.1 Å². The van der Waals surface area contributed by atoms with Crippen LogP contribution in [-0.4, -0.2) is 0 Å². The Labute approximate surface area is 335 Å². The molecule has 0 spiro atoms. The quantitative estimate of drug-likeness (QED) is 0.153. The Bertz CT molecular complexity index is 3490. The minimum absolute atomic E-state index is 0.152. The van der Waals surface area contributed by atoms with E-state index in [1.807, 2.05) is 66.7 Å². The highest BCUT2D eigenvalue weighted by Crippen LogP contribution is 2.40. The zero-order chi connectivity index (χ0) is 50.2. The first kappa shape index (κ1) is 18.5. The topological polar surface area (TPSA) is 3.24 Å². The van der Waals surface area contributed by atoms with Crippen LogP contribution in [-0.2, 0) is 0 Å². The minimum Gasteiger partial charge on any atom is -0.310 e. The summed E-state index contributed by atoms with van der Waals surface area (Å²) in [7, 11) is 0. The first-order valence-corrected chi connectivity index (χ1v) is 16.8. The summed E-state index contributed by atoms with van der Waals surface area (Å²) < 4.78 is 156. The van der Waals surface area contributed by atoms with Gasteiger partial charge in [0.1, 0.15) is 0 Å². The number of fused-ring (bicyclic) bond motifs is 1. The summed E-state index contributed by atoms with van der Waals surface area (Å²) in [6, 6.07) is 22.8. The second-order valence-electron chi connectivity index (χ2n) is 12.1. The van der Waals surface area contributed by atoms with E-state index in [4.69, 9.17) is 9.60 Å². The average molecular weight is 693 g/mol. The van der Waals surface area contributed by atoms with E-state index in [2.05, 4.69) is 0 Å². The van der Waals surface area contributed by atoms with Crippen molar-refractivity contribution in [3.63, 3.8) is 0 Å². The van der Waals surface area contributed by atoms with Gasteiger partial charge in [0.25, 0.3) is 0 Å². The van der Waals surface area contributed by atoms with Crippen molar-refractivity contribution in [2.24, 2.45) is 0 Å². The summed E-state index contributed by atoms with van der Waals surface area (Å²) >= 11 is 0. The van der Waals surface area contributed by atoms with E-state index >= 15 is 0 Å². The van der Waals surface area contributed by atoms with Crippen LogP contribution in [0.25, 0.3) is 66.4 Å². The predicted octanol–water partition coefficient (Wildman–Crippen LogP) is 14.6. The minimum atomic E-state index is -0.973. The third-order valence-electron chi connectivity index (χ3n) is 8.75. The van der Waals surface area contributed by atoms with Gasteiger partial charge in [-0.3, -0.25) is 0 Å². The van der Waals surface area contributed by atoms with E-state index in [1.165, 1.54) is 0 Å². The van der Waals surface area contributed by atoms with Crippen LogP contribution in [0, 0.1) is 0 Å². The Morgan fingerprint density at radius 3 is 1.43 bits per heavy atom. The molecule has 0 aromatic heterocycles. The maximum atomic E-state index is 9.84. The van der Waals surface area contributed by atoms with Crippen molar-refractivity contribution in [3.05, 3.63) is 224 Å². The molecule has 0 aliphatic heterocycles. The summed E-state index contributed by atoms with van der Waals surface area (Å²) in [4.78, 5) is 0.726. The van der Waals surface area contributed by atoms with Crippen LogP contribution >= 0.6 is 0 Å². The molecule has 0 aliphatic carbocycles. The fourth-order valence-corrected chi connectivity index (χ4v) is 6.21. The third-order valence-corrected chi connectivity index (χ3v) is 8.75. The van der Waals surface area contributed by atoms with Gasteiger partial charge in [0.15, 0.2) is 0 Å². The first-order chi connectivity index (χ1) is 33.4. The van der Waals surface area contributed by atoms with Gasteiger partial charge in [-0.25, -0.2) is 0 Å². The van der Waals surface area contributed by atoms with Crippen LogP contribution < -0.4 is 4.90 Å². The third kappa shape index (κ3) is 6.65. The maximum absolute atomic E-state index is 9.84. The zero-order valence-electron chi connectivity index (χ0n) is 45.0. The largest absolute Gasteiger partial charge is 0.310 e. The van der Waals surface area contributed by atoms with Crippen LogP contribution in [0.2, 0.25) is 0 Å². The summed E-state index contributed by atoms with van der Waals surface area (Å²) in [5.74, 6) is 0. The number of rotatable bonds is 8. The van der Waals surface area contributed by atoms with Gasteiger partial charge in [0.05, 0.1) is 23.3 Å². The van der Waals surface area contributed by atoms with Gasteiger partial charge in [-0.2, -0.15) is 0 Å². The van der Waals surface area contributed by atoms with E-state index in [0.717, 1.165) is 16.0 Å². The Balaban J connectivity index is 1.40. The first-order valence-electron chi connectivity index (χ1n) is 25.3. The lowest BCUT2D eigenvalue weighted by molar-refractivity contribution is 1.28. The maximum Gasteiger partial charge on any atom is 0.0651 e. The highest BCUT2D eigenvalue weighted by Gasteiger charge is 2.16. The second-order valence-corrected chi connectivity index (χ2v) is 12.1. The molecule has 0 amide bonds. The lowest BCUT2D eigenvalue weighted by Gasteiger charge is -2.26. The van der Waals surface area contributed by atoms with Crippen LogP contribution in [0.1, 0.15) is 23.3 Å². The summed E-state index contributed by atoms with van der Waals surface area (Å²) in [5.41, 5.74) is -0.325. The number of anilines is 3. The van der Waals surface area contributed by atoms with Crippen molar-refractivity contribution in [1.82, 2.24) is 0 Å². The fourth-order valence-electron chi connectivity index (χ4n) is 6.21. The predicted molar refractivity (Wildman–Crippen MR) is 226 cm³/mol. The molecule has 0 aliphatic rings. The SMILES string of the molecule is [2H]c1c([2H])c([2H])c(-c2c([2H])c([2H])c(N(c3c([2H])c([2H])c(-c4cc(-c5ccccc5)cc(-c5ccccc5)c4)c([2H])c3[2H])c3c([2H])c([2H])c([2H])c(-c4cccc5ccccc45)c3[2H])c([2H])c2[2H])c([2H])c1[2H]. The van der Waals surface area contributed by atoms with Crippen molar-refractivity contribution >= 4 is 27.8 Å². The molecule has 9 aromatic carbocycles. The lowest BCUT2D eigenvalue weighted by Crippen LogP contribution is -2.10. The molecule has 0 fully saturated rings. The standard InChI is InChI=1S/C52H37N/c1-4-14-38(15-5-1)41-26-30-48(31-27-41)53(50-23-12-22-44(37-50)52-25-13-21-43-20-10-11-24-51(43)52)49-32-28-42(29-33-49)47-35-45(39-16-6-2-7-17-39)34-46(36-47)40-18-8-3-9-19-40/h1-37H/i1D,4D,5D,12D,14D,15D,22D,23D,26D,27D,28D,29D,30D,31D,32D,33D,37D. The average Bonchev–Trinajstić information content (AvgIpc) is 3.37. The fraction of sp³-hybridized carbons (Fsp3) is 0. The van der Waals surface area contributed by atoms with Crippen molar-refractivity contribution in [3.8, 4) is 55.6 Å². The Kier molecular flexibility index (Phi) is 5.01. The molecular weight excluding hydrogens is 639 g/mol. The molecule has 9 aromatic rings. The molecule has 0 saturated heterocycles. The van der Waals surface area contributed by atoms with Gasteiger partial charge in [-0.1, -0.05) is 170 Å². The molecular formula is C52H37N. The number of nitrogens with zero attached hydrogens (tertiary/aromatic N) is 1. The summed E-state index contributed by atoms with van der Waals surface area (Å²) in [6.45, 7) is 0. The van der Waals surface area contributed by atoms with Crippen molar-refractivity contribution in [2.45, 2.75) is 0 Å². The van der Waals surface area contributed by atoms with Gasteiger partial charge < -0.3 is 4.90 Å². The molecule has 0 saturated carbocycles. The van der Waals surface area contributed by atoms with E-state index in [1.54, 1.807) is 54.6 Å². The van der Waals surface area contributed by atoms with E-state index in [-0.39, 0.29) is 22.3 Å². The summed E-state index contributed by atoms with van der Waals surface area (Å²) in [6.07, 6.45) is 0. The van der Waals surface area contributed by atoms with Crippen LogP contribution in [0.15, 0.2) is 224 Å². The van der Waals surface area contributed by atoms with Gasteiger partial charge >= 0.3 is 0 Å². The van der Waals surface area contributed by atoms with E-state index < -0.39 is 131 Å². The molecule has 0 bridgehead atoms. The Morgan fingerprint density at radius 2 is 0.811 bits per heavy atom. The van der Waals surface area contributed by atoms with Gasteiger partial charge in [-0.05, 0) is 121 Å². The monoisotopic (exact) mass is 692 g/mol. The van der Waals surface area contributed by atoms with Gasteiger partial charge in [-0.15, -0.1) is 0 Å². The molecule has 9 rings (SSSR count). The molecule has 0 heterocycles. The molecule has 53 heavy (non-hydrogen) atoms. The second kappa shape index (κ2) is 14.3. The number of benzene rings is 9. The van der Waals surface area contributed by atoms with Crippen LogP contribution in [0.5, 0.6) is 0 Å². The molecule has 0 radical (unpaired) electrons. The van der Waals surface area contributed by atoms with Gasteiger partial charge in [0.2, 0.25) is 0 Å². The van der Waals surface area contributed by atoms with Crippen molar-refractivity contribution < 1.29 is 23.3 Å². The molecule has 250 valence electrons. The lowest BCUT2D eigenvalue weighted by atomic mass is 9.93. The molecule has 0 atom stereocenters. The smallest absolute Gasteiger partial charge is 0.0651 e. The molecule has 0 unspecified atom stereocenters. The molecule has 1 heteroatoms. The normalized spacial score (nSPS) is 15.5. The highest BCUT2D eigenvalue weighted by atomic mass is 15.1. The number of hydrogen-bond acceptors (Lipinski definition) is 1. The molecule has 0 N–H and O–H groups in total. The van der Waals surface area contributed by atoms with Crippen LogP contribution in [0.3, 0.4) is 0 Å².